The van der Waals surface area contributed by atoms with Crippen molar-refractivity contribution in [2.75, 3.05) is 19.8 Å². The Morgan fingerprint density at radius 1 is 1.00 bits per heavy atom. The smallest absolute Gasteiger partial charge is 0.119 e. The SMILES string of the molecule is C[Si](C)(C)CCCOCCOc1ccc(O)cc1. The topological polar surface area (TPSA) is 38.7 Å². The zero-order chi connectivity index (χ0) is 13.4. The first-order chi connectivity index (χ1) is 8.47. The van der Waals surface area contributed by atoms with Gasteiger partial charge in [-0.15, -0.1) is 0 Å². The van der Waals surface area contributed by atoms with Crippen LogP contribution in [0.15, 0.2) is 24.3 Å². The number of ether oxygens (including phenoxy) is 2. The summed E-state index contributed by atoms with van der Waals surface area (Å²) in [4.78, 5) is 0. The van der Waals surface area contributed by atoms with Crippen LogP contribution in [0.4, 0.5) is 0 Å². The molecule has 18 heavy (non-hydrogen) atoms. The molecule has 0 saturated heterocycles. The summed E-state index contributed by atoms with van der Waals surface area (Å²) >= 11 is 0. The van der Waals surface area contributed by atoms with Crippen LogP contribution < -0.4 is 4.74 Å². The lowest BCUT2D eigenvalue weighted by Crippen LogP contribution is -2.20. The van der Waals surface area contributed by atoms with Gasteiger partial charge in [0.15, 0.2) is 0 Å². The van der Waals surface area contributed by atoms with E-state index in [0.717, 1.165) is 18.8 Å². The highest BCUT2D eigenvalue weighted by Crippen LogP contribution is 2.15. The van der Waals surface area contributed by atoms with Crippen molar-refractivity contribution >= 4 is 8.07 Å². The van der Waals surface area contributed by atoms with E-state index in [-0.39, 0.29) is 5.75 Å². The van der Waals surface area contributed by atoms with Crippen molar-refractivity contribution in [2.24, 2.45) is 0 Å². The van der Waals surface area contributed by atoms with Gasteiger partial charge in [-0.05, 0) is 30.7 Å². The molecule has 4 heteroatoms. The minimum absolute atomic E-state index is 0.255. The third-order valence-corrected chi connectivity index (χ3v) is 4.40. The van der Waals surface area contributed by atoms with Crippen molar-refractivity contribution in [1.82, 2.24) is 0 Å². The molecular formula is C14H24O3Si. The maximum atomic E-state index is 9.11. The highest BCUT2D eigenvalue weighted by Gasteiger charge is 2.11. The van der Waals surface area contributed by atoms with E-state index < -0.39 is 8.07 Å². The Hall–Kier alpha value is -1.00. The van der Waals surface area contributed by atoms with E-state index in [4.69, 9.17) is 14.6 Å². The molecule has 0 fully saturated rings. The van der Waals surface area contributed by atoms with E-state index in [1.54, 1.807) is 24.3 Å². The summed E-state index contributed by atoms with van der Waals surface area (Å²) in [5.41, 5.74) is 0. The number of hydrogen-bond acceptors (Lipinski definition) is 3. The molecule has 0 heterocycles. The van der Waals surface area contributed by atoms with E-state index in [9.17, 15) is 0 Å². The average Bonchev–Trinajstić information content (AvgIpc) is 2.29. The van der Waals surface area contributed by atoms with Gasteiger partial charge >= 0.3 is 0 Å². The molecule has 0 aliphatic rings. The van der Waals surface area contributed by atoms with Gasteiger partial charge in [0.05, 0.1) is 6.61 Å². The minimum Gasteiger partial charge on any atom is -0.508 e. The minimum atomic E-state index is -0.919. The lowest BCUT2D eigenvalue weighted by Gasteiger charge is -2.15. The summed E-state index contributed by atoms with van der Waals surface area (Å²) in [6.45, 7) is 9.12. The number of phenolic OH excluding ortho intramolecular Hbond substituents is 1. The summed E-state index contributed by atoms with van der Waals surface area (Å²) in [5, 5.41) is 9.11. The van der Waals surface area contributed by atoms with E-state index >= 15 is 0 Å². The summed E-state index contributed by atoms with van der Waals surface area (Å²) in [6.07, 6.45) is 1.15. The molecule has 0 amide bonds. The van der Waals surface area contributed by atoms with Crippen molar-refractivity contribution in [3.63, 3.8) is 0 Å². The van der Waals surface area contributed by atoms with Crippen LogP contribution in [-0.4, -0.2) is 33.0 Å². The van der Waals surface area contributed by atoms with Crippen molar-refractivity contribution in [3.05, 3.63) is 24.3 Å². The van der Waals surface area contributed by atoms with Gasteiger partial charge in [-0.1, -0.05) is 25.7 Å². The van der Waals surface area contributed by atoms with Crippen LogP contribution in [0.5, 0.6) is 11.5 Å². The largest absolute Gasteiger partial charge is 0.508 e. The Bertz CT molecular complexity index is 330. The fourth-order valence-corrected chi connectivity index (χ4v) is 2.77. The van der Waals surface area contributed by atoms with Gasteiger partial charge in [0.25, 0.3) is 0 Å². The monoisotopic (exact) mass is 268 g/mol. The molecule has 0 aliphatic heterocycles. The normalized spacial score (nSPS) is 11.5. The summed E-state index contributed by atoms with van der Waals surface area (Å²) in [6, 6.07) is 8.04. The molecule has 0 bridgehead atoms. The molecular weight excluding hydrogens is 244 g/mol. The van der Waals surface area contributed by atoms with Crippen LogP contribution in [-0.2, 0) is 4.74 Å². The Kier molecular flexibility index (Phi) is 6.22. The Balaban J connectivity index is 2.00. The van der Waals surface area contributed by atoms with E-state index in [1.807, 2.05) is 0 Å². The average molecular weight is 268 g/mol. The number of phenols is 1. The van der Waals surface area contributed by atoms with Crippen LogP contribution in [0, 0.1) is 0 Å². The first-order valence-electron chi connectivity index (χ1n) is 6.47. The van der Waals surface area contributed by atoms with Crippen molar-refractivity contribution < 1.29 is 14.6 Å². The van der Waals surface area contributed by atoms with Crippen molar-refractivity contribution in [2.45, 2.75) is 32.1 Å². The second-order valence-corrected chi connectivity index (χ2v) is 11.2. The van der Waals surface area contributed by atoms with Gasteiger partial charge in [-0.3, -0.25) is 0 Å². The molecule has 1 rings (SSSR count). The second kappa shape index (κ2) is 7.44. The van der Waals surface area contributed by atoms with Crippen LogP contribution in [0.3, 0.4) is 0 Å². The third-order valence-electron chi connectivity index (χ3n) is 2.55. The molecule has 0 spiro atoms. The lowest BCUT2D eigenvalue weighted by atomic mass is 10.3. The predicted octanol–water partition coefficient (Wildman–Crippen LogP) is 3.52. The van der Waals surface area contributed by atoms with Crippen molar-refractivity contribution in [3.8, 4) is 11.5 Å². The van der Waals surface area contributed by atoms with E-state index in [2.05, 4.69) is 19.6 Å². The number of rotatable bonds is 8. The second-order valence-electron chi connectivity index (χ2n) is 5.62. The standard InChI is InChI=1S/C14H24O3Si/c1-18(2,3)12-4-9-16-10-11-17-14-7-5-13(15)6-8-14/h5-8,15H,4,9-12H2,1-3H3. The van der Waals surface area contributed by atoms with Gasteiger partial charge < -0.3 is 14.6 Å². The van der Waals surface area contributed by atoms with Gasteiger partial charge in [-0.25, -0.2) is 0 Å². The highest BCUT2D eigenvalue weighted by molar-refractivity contribution is 6.76. The van der Waals surface area contributed by atoms with Crippen LogP contribution in [0.1, 0.15) is 6.42 Å². The molecule has 0 unspecified atom stereocenters. The lowest BCUT2D eigenvalue weighted by molar-refractivity contribution is 0.100. The molecule has 0 atom stereocenters. The van der Waals surface area contributed by atoms with Crippen LogP contribution in [0.25, 0.3) is 0 Å². The van der Waals surface area contributed by atoms with Crippen LogP contribution >= 0.6 is 0 Å². The Morgan fingerprint density at radius 3 is 2.28 bits per heavy atom. The van der Waals surface area contributed by atoms with Gasteiger partial charge in [0, 0.05) is 14.7 Å². The summed E-state index contributed by atoms with van der Waals surface area (Å²) < 4.78 is 11.0. The third kappa shape index (κ3) is 7.35. The van der Waals surface area contributed by atoms with Crippen molar-refractivity contribution in [1.29, 1.82) is 0 Å². The summed E-state index contributed by atoms with van der Waals surface area (Å²) in [5.74, 6) is 1.02. The first kappa shape index (κ1) is 15.1. The molecule has 0 aromatic heterocycles. The number of hydrogen-bond donors (Lipinski definition) is 1. The van der Waals surface area contributed by atoms with Gasteiger partial charge in [-0.2, -0.15) is 0 Å². The molecule has 0 saturated carbocycles. The highest BCUT2D eigenvalue weighted by atomic mass is 28.3. The van der Waals surface area contributed by atoms with E-state index in [0.29, 0.717) is 13.2 Å². The Morgan fingerprint density at radius 2 is 1.67 bits per heavy atom. The number of benzene rings is 1. The Labute approximate surface area is 111 Å². The quantitative estimate of drug-likeness (QED) is 0.579. The summed E-state index contributed by atoms with van der Waals surface area (Å²) in [7, 11) is -0.919. The fourth-order valence-electron chi connectivity index (χ4n) is 1.57. The maximum absolute atomic E-state index is 9.11. The molecule has 3 nitrogen and oxygen atoms in total. The first-order valence-corrected chi connectivity index (χ1v) is 10.2. The van der Waals surface area contributed by atoms with Gasteiger partial charge in [0.1, 0.15) is 18.1 Å². The molecule has 1 aromatic carbocycles. The molecule has 0 radical (unpaired) electrons. The fraction of sp³-hybridized carbons (Fsp3) is 0.571. The number of aromatic hydroxyl groups is 1. The van der Waals surface area contributed by atoms with E-state index in [1.165, 1.54) is 6.04 Å². The maximum Gasteiger partial charge on any atom is 0.119 e. The molecule has 1 N–H and O–H groups in total. The molecule has 0 aliphatic carbocycles. The zero-order valence-corrected chi connectivity index (χ0v) is 12.6. The molecule has 1 aromatic rings. The van der Waals surface area contributed by atoms with Gasteiger partial charge in [0.2, 0.25) is 0 Å². The predicted molar refractivity (Wildman–Crippen MR) is 77.2 cm³/mol. The van der Waals surface area contributed by atoms with Crippen LogP contribution in [0.2, 0.25) is 25.7 Å². The molecule has 102 valence electrons. The zero-order valence-electron chi connectivity index (χ0n) is 11.6.